The zero-order valence-corrected chi connectivity index (χ0v) is 10.4. The van der Waals surface area contributed by atoms with E-state index in [0.29, 0.717) is 0 Å². The number of hydrogen-bond donors (Lipinski definition) is 3. The molecule has 5 nitrogen and oxygen atoms in total. The van der Waals surface area contributed by atoms with E-state index >= 15 is 0 Å². The molecular weight excluding hydrogens is 240 g/mol. The zero-order valence-electron chi connectivity index (χ0n) is 9.54. The molecule has 92 valence electrons. The number of carbonyl (C=O) groups is 1. The van der Waals surface area contributed by atoms with Crippen LogP contribution in [0.25, 0.3) is 0 Å². The smallest absolute Gasteiger partial charge is 0.257 e. The van der Waals surface area contributed by atoms with Gasteiger partial charge in [0, 0.05) is 13.1 Å². The number of rotatable bonds is 3. The Morgan fingerprint density at radius 2 is 2.06 bits per heavy atom. The van der Waals surface area contributed by atoms with Gasteiger partial charge >= 0.3 is 0 Å². The fourth-order valence-corrected chi connectivity index (χ4v) is 1.42. The number of nitrogens with zero attached hydrogens (tertiary/aromatic N) is 1. The summed E-state index contributed by atoms with van der Waals surface area (Å²) in [6, 6.07) is 3.36. The number of likely N-dealkylation sites (N-methyl/N-ethyl adjacent to an activating group) is 1. The highest BCUT2D eigenvalue weighted by molar-refractivity contribution is 7.80. The minimum atomic E-state index is -0.414. The van der Waals surface area contributed by atoms with Crippen LogP contribution in [0.15, 0.2) is 18.2 Å². The van der Waals surface area contributed by atoms with E-state index in [1.165, 1.54) is 17.0 Å². The number of carbonyl (C=O) groups excluding carboxylic acids is 1. The molecule has 0 aliphatic rings. The summed E-state index contributed by atoms with van der Waals surface area (Å²) in [5.41, 5.74) is 5.54. The quantitative estimate of drug-likeness (QED) is 0.696. The van der Waals surface area contributed by atoms with Crippen molar-refractivity contribution in [1.29, 1.82) is 0 Å². The number of hydrogen-bond acceptors (Lipinski definition) is 4. The van der Waals surface area contributed by atoms with Crippen LogP contribution in [0.5, 0.6) is 11.5 Å². The first-order chi connectivity index (χ1) is 7.84. The normalized spacial score (nSPS) is 11.9. The predicted molar refractivity (Wildman–Crippen MR) is 68.1 cm³/mol. The first kappa shape index (κ1) is 13.2. The lowest BCUT2D eigenvalue weighted by Crippen LogP contribution is -2.42. The molecule has 0 aromatic heterocycles. The van der Waals surface area contributed by atoms with Crippen molar-refractivity contribution >= 4 is 23.1 Å². The van der Waals surface area contributed by atoms with E-state index in [0.717, 1.165) is 6.07 Å². The summed E-state index contributed by atoms with van der Waals surface area (Å²) in [6.07, 6.45) is 0. The van der Waals surface area contributed by atoms with Gasteiger partial charge in [-0.25, -0.2) is 0 Å². The van der Waals surface area contributed by atoms with Gasteiger partial charge in [0.25, 0.3) is 5.91 Å². The number of phenolic OH excluding ortho intramolecular Hbond substituents is 2. The molecule has 1 amide bonds. The third kappa shape index (κ3) is 2.85. The van der Waals surface area contributed by atoms with Crippen LogP contribution in [0, 0.1) is 0 Å². The molecule has 0 spiro atoms. The van der Waals surface area contributed by atoms with Crippen LogP contribution >= 0.6 is 12.2 Å². The predicted octanol–water partition coefficient (Wildman–Crippen LogP) is 0.844. The third-order valence-electron chi connectivity index (χ3n) is 2.52. The zero-order chi connectivity index (χ0) is 13.2. The Morgan fingerprint density at radius 1 is 1.47 bits per heavy atom. The molecule has 0 aliphatic heterocycles. The van der Waals surface area contributed by atoms with Gasteiger partial charge in [-0.1, -0.05) is 12.2 Å². The molecule has 1 aromatic rings. The largest absolute Gasteiger partial charge is 0.508 e. The molecule has 0 fully saturated rings. The van der Waals surface area contributed by atoms with Gasteiger partial charge in [0.05, 0.1) is 16.6 Å². The van der Waals surface area contributed by atoms with Crippen LogP contribution < -0.4 is 5.73 Å². The fraction of sp³-hybridized carbons (Fsp3) is 0.273. The molecule has 0 saturated heterocycles. The van der Waals surface area contributed by atoms with Crippen molar-refractivity contribution in [3.05, 3.63) is 23.8 Å². The summed E-state index contributed by atoms with van der Waals surface area (Å²) in [5, 5.41) is 18.7. The van der Waals surface area contributed by atoms with Gasteiger partial charge in [-0.2, -0.15) is 0 Å². The van der Waals surface area contributed by atoms with Crippen molar-refractivity contribution in [2.24, 2.45) is 5.73 Å². The average molecular weight is 254 g/mol. The molecule has 6 heteroatoms. The average Bonchev–Trinajstić information content (AvgIpc) is 2.26. The Kier molecular flexibility index (Phi) is 3.90. The number of nitrogens with two attached hydrogens (primary N) is 1. The number of phenols is 2. The van der Waals surface area contributed by atoms with E-state index < -0.39 is 11.9 Å². The molecule has 1 unspecified atom stereocenters. The highest BCUT2D eigenvalue weighted by atomic mass is 32.1. The highest BCUT2D eigenvalue weighted by Gasteiger charge is 2.21. The second-order valence-corrected chi connectivity index (χ2v) is 4.17. The van der Waals surface area contributed by atoms with E-state index in [1.807, 2.05) is 0 Å². The van der Waals surface area contributed by atoms with Crippen molar-refractivity contribution in [3.63, 3.8) is 0 Å². The molecule has 0 radical (unpaired) electrons. The maximum atomic E-state index is 12.0. The lowest BCUT2D eigenvalue weighted by molar-refractivity contribution is 0.0776. The summed E-state index contributed by atoms with van der Waals surface area (Å²) < 4.78 is 0. The molecule has 1 rings (SSSR count). The van der Waals surface area contributed by atoms with Gasteiger partial charge in [-0.3, -0.25) is 4.79 Å². The number of amides is 1. The lowest BCUT2D eigenvalue weighted by atomic mass is 10.1. The minimum absolute atomic E-state index is 0.0911. The summed E-state index contributed by atoms with van der Waals surface area (Å²) >= 11 is 4.80. The van der Waals surface area contributed by atoms with E-state index in [9.17, 15) is 9.90 Å². The van der Waals surface area contributed by atoms with Crippen LogP contribution in [0.2, 0.25) is 0 Å². The molecule has 1 atom stereocenters. The molecule has 0 saturated carbocycles. The summed E-state index contributed by atoms with van der Waals surface area (Å²) in [4.78, 5) is 13.5. The van der Waals surface area contributed by atoms with Crippen molar-refractivity contribution in [2.75, 3.05) is 7.05 Å². The first-order valence-corrected chi connectivity index (χ1v) is 5.34. The molecule has 1 aromatic carbocycles. The molecule has 0 bridgehead atoms. The Balaban J connectivity index is 3.00. The van der Waals surface area contributed by atoms with Crippen LogP contribution in [0.1, 0.15) is 17.3 Å². The van der Waals surface area contributed by atoms with Gasteiger partial charge in [-0.15, -0.1) is 0 Å². The van der Waals surface area contributed by atoms with Gasteiger partial charge in [0.2, 0.25) is 0 Å². The molecule has 0 heterocycles. The minimum Gasteiger partial charge on any atom is -0.508 e. The van der Waals surface area contributed by atoms with Crippen LogP contribution in [0.3, 0.4) is 0 Å². The molecular formula is C11H14N2O3S. The molecule has 0 aliphatic carbocycles. The summed E-state index contributed by atoms with van der Waals surface area (Å²) in [7, 11) is 1.54. The van der Waals surface area contributed by atoms with E-state index in [2.05, 4.69) is 0 Å². The number of thiocarbonyl (C=S) groups is 1. The van der Waals surface area contributed by atoms with Gasteiger partial charge in [0.15, 0.2) is 0 Å². The third-order valence-corrected chi connectivity index (χ3v) is 2.87. The van der Waals surface area contributed by atoms with Gasteiger partial charge in [0.1, 0.15) is 11.5 Å². The van der Waals surface area contributed by atoms with Crippen LogP contribution in [0.4, 0.5) is 0 Å². The second-order valence-electron chi connectivity index (χ2n) is 3.70. The summed E-state index contributed by atoms with van der Waals surface area (Å²) in [5.74, 6) is -0.802. The van der Waals surface area contributed by atoms with Crippen molar-refractivity contribution < 1.29 is 15.0 Å². The van der Waals surface area contributed by atoms with E-state index in [1.54, 1.807) is 14.0 Å². The fourth-order valence-electron chi connectivity index (χ4n) is 1.26. The molecule has 17 heavy (non-hydrogen) atoms. The second kappa shape index (κ2) is 5.01. The first-order valence-electron chi connectivity index (χ1n) is 4.93. The Labute approximate surface area is 104 Å². The standard InChI is InChI=1S/C11H14N2O3S/c1-6(10(12)17)13(2)11(16)8-4-3-7(14)5-9(8)15/h3-6,14-15H,1-2H3,(H2,12,17). The van der Waals surface area contributed by atoms with E-state index in [4.69, 9.17) is 23.1 Å². The topological polar surface area (TPSA) is 86.8 Å². The number of benzene rings is 1. The molecule has 4 N–H and O–H groups in total. The van der Waals surface area contributed by atoms with Crippen LogP contribution in [-0.2, 0) is 0 Å². The van der Waals surface area contributed by atoms with Crippen molar-refractivity contribution in [3.8, 4) is 11.5 Å². The van der Waals surface area contributed by atoms with Crippen molar-refractivity contribution in [2.45, 2.75) is 13.0 Å². The van der Waals surface area contributed by atoms with Crippen LogP contribution in [-0.4, -0.2) is 39.1 Å². The van der Waals surface area contributed by atoms with Gasteiger partial charge in [-0.05, 0) is 19.1 Å². The van der Waals surface area contributed by atoms with Gasteiger partial charge < -0.3 is 20.8 Å². The maximum absolute atomic E-state index is 12.0. The monoisotopic (exact) mass is 254 g/mol. The summed E-state index contributed by atoms with van der Waals surface area (Å²) in [6.45, 7) is 1.69. The SMILES string of the molecule is CC(C(N)=S)N(C)C(=O)c1ccc(O)cc1O. The Morgan fingerprint density at radius 3 is 2.53 bits per heavy atom. The number of aromatic hydroxyl groups is 2. The lowest BCUT2D eigenvalue weighted by Gasteiger charge is -2.24. The maximum Gasteiger partial charge on any atom is 0.257 e. The van der Waals surface area contributed by atoms with Crippen molar-refractivity contribution in [1.82, 2.24) is 4.90 Å². The Bertz CT molecular complexity index is 462. The highest BCUT2D eigenvalue weighted by Crippen LogP contribution is 2.24. The Hall–Kier alpha value is -1.82. The van der Waals surface area contributed by atoms with E-state index in [-0.39, 0.29) is 22.1 Å².